The maximum Gasteiger partial charge on any atom is 0.184 e. The van der Waals surface area contributed by atoms with Gasteiger partial charge < -0.3 is 5.73 Å². The summed E-state index contributed by atoms with van der Waals surface area (Å²) >= 11 is 5.92. The summed E-state index contributed by atoms with van der Waals surface area (Å²) in [6, 6.07) is 5.70. The third-order valence-electron chi connectivity index (χ3n) is 3.97. The van der Waals surface area contributed by atoms with E-state index in [-0.39, 0.29) is 0 Å². The summed E-state index contributed by atoms with van der Waals surface area (Å²) in [5.74, 6) is 1.38. The molecule has 2 N–H and O–H groups in total. The van der Waals surface area contributed by atoms with Crippen LogP contribution in [0.1, 0.15) is 32.2 Å². The zero-order valence-corrected chi connectivity index (χ0v) is 11.5. The van der Waals surface area contributed by atoms with Crippen LogP contribution in [0, 0.1) is 5.92 Å². The van der Waals surface area contributed by atoms with Crippen molar-refractivity contribution >= 4 is 17.3 Å². The van der Waals surface area contributed by atoms with Gasteiger partial charge in [-0.25, -0.2) is 4.68 Å². The third kappa shape index (κ3) is 2.18. The van der Waals surface area contributed by atoms with Gasteiger partial charge in [-0.1, -0.05) is 18.0 Å². The van der Waals surface area contributed by atoms with Crippen molar-refractivity contribution in [2.75, 3.05) is 5.73 Å². The second-order valence-corrected chi connectivity index (χ2v) is 5.55. The van der Waals surface area contributed by atoms with Crippen LogP contribution in [0.25, 0.3) is 11.4 Å². The van der Waals surface area contributed by atoms with Crippen LogP contribution in [-0.2, 0) is 0 Å². The summed E-state index contributed by atoms with van der Waals surface area (Å²) in [4.78, 5) is 0. The second-order valence-electron chi connectivity index (χ2n) is 5.11. The maximum absolute atomic E-state index is 6.01. The summed E-state index contributed by atoms with van der Waals surface area (Å²) < 4.78 is 1.88. The standard InChI is InChI=1S/C13H16ClN5/c1-8(9-3-2-4-9)19-13(16-17-18-19)11-6-5-10(14)7-12(11)15/h5-9H,2-4,15H2,1H3. The van der Waals surface area contributed by atoms with Crippen molar-refractivity contribution in [1.29, 1.82) is 0 Å². The lowest BCUT2D eigenvalue weighted by Gasteiger charge is -2.31. The summed E-state index contributed by atoms with van der Waals surface area (Å²) in [6.45, 7) is 2.16. The van der Waals surface area contributed by atoms with Gasteiger partial charge in [0.1, 0.15) is 0 Å². The molecule has 0 amide bonds. The Morgan fingerprint density at radius 3 is 2.84 bits per heavy atom. The quantitative estimate of drug-likeness (QED) is 0.876. The van der Waals surface area contributed by atoms with Crippen LogP contribution in [0.5, 0.6) is 0 Å². The van der Waals surface area contributed by atoms with Crippen molar-refractivity contribution in [2.24, 2.45) is 5.92 Å². The Labute approximate surface area is 116 Å². The van der Waals surface area contributed by atoms with Gasteiger partial charge in [0, 0.05) is 16.3 Å². The Hall–Kier alpha value is -1.62. The Morgan fingerprint density at radius 2 is 2.21 bits per heavy atom. The minimum absolute atomic E-state index is 0.300. The van der Waals surface area contributed by atoms with E-state index in [1.807, 2.05) is 10.7 Å². The van der Waals surface area contributed by atoms with E-state index in [1.54, 1.807) is 12.1 Å². The predicted molar refractivity (Wildman–Crippen MR) is 74.7 cm³/mol. The fourth-order valence-corrected chi connectivity index (χ4v) is 2.68. The molecule has 1 aliphatic carbocycles. The molecule has 1 heterocycles. The van der Waals surface area contributed by atoms with Crippen LogP contribution < -0.4 is 5.73 Å². The highest BCUT2D eigenvalue weighted by atomic mass is 35.5. The molecule has 1 fully saturated rings. The second kappa shape index (κ2) is 4.81. The van der Waals surface area contributed by atoms with Gasteiger partial charge in [-0.15, -0.1) is 5.10 Å². The molecule has 0 bridgehead atoms. The smallest absolute Gasteiger partial charge is 0.184 e. The van der Waals surface area contributed by atoms with E-state index in [1.165, 1.54) is 19.3 Å². The van der Waals surface area contributed by atoms with Crippen molar-refractivity contribution in [1.82, 2.24) is 20.2 Å². The van der Waals surface area contributed by atoms with Gasteiger partial charge in [0.15, 0.2) is 5.82 Å². The zero-order valence-electron chi connectivity index (χ0n) is 10.8. The van der Waals surface area contributed by atoms with Crippen LogP contribution in [0.4, 0.5) is 5.69 Å². The summed E-state index contributed by atoms with van der Waals surface area (Å²) in [7, 11) is 0. The monoisotopic (exact) mass is 277 g/mol. The van der Waals surface area contributed by atoms with E-state index in [0.717, 1.165) is 5.56 Å². The van der Waals surface area contributed by atoms with Gasteiger partial charge in [0.25, 0.3) is 0 Å². The number of hydrogen-bond donors (Lipinski definition) is 1. The molecule has 0 spiro atoms. The number of nitrogens with zero attached hydrogens (tertiary/aromatic N) is 4. The number of anilines is 1. The van der Waals surface area contributed by atoms with Crippen LogP contribution >= 0.6 is 11.6 Å². The first-order valence-electron chi connectivity index (χ1n) is 6.50. The molecule has 1 atom stereocenters. The topological polar surface area (TPSA) is 69.6 Å². The highest BCUT2D eigenvalue weighted by Crippen LogP contribution is 2.37. The Bertz CT molecular complexity index is 590. The minimum atomic E-state index is 0.300. The molecule has 100 valence electrons. The fraction of sp³-hybridized carbons (Fsp3) is 0.462. The number of hydrogen-bond acceptors (Lipinski definition) is 4. The predicted octanol–water partition coefficient (Wildman–Crippen LogP) is 2.94. The average Bonchev–Trinajstić information content (AvgIpc) is 2.75. The molecule has 2 aromatic rings. The first-order valence-corrected chi connectivity index (χ1v) is 6.88. The molecule has 5 nitrogen and oxygen atoms in total. The Balaban J connectivity index is 1.99. The molecule has 1 unspecified atom stereocenters. The van der Waals surface area contributed by atoms with Gasteiger partial charge in [-0.05, 0) is 54.3 Å². The van der Waals surface area contributed by atoms with Crippen LogP contribution in [0.3, 0.4) is 0 Å². The number of rotatable bonds is 3. The molecule has 6 heteroatoms. The number of halogens is 1. The SMILES string of the molecule is CC(C1CCC1)n1nnnc1-c1ccc(Cl)cc1N. The number of benzene rings is 1. The van der Waals surface area contributed by atoms with Gasteiger partial charge in [-0.2, -0.15) is 0 Å². The van der Waals surface area contributed by atoms with E-state index in [4.69, 9.17) is 17.3 Å². The summed E-state index contributed by atoms with van der Waals surface area (Å²) in [6.07, 6.45) is 3.79. The summed E-state index contributed by atoms with van der Waals surface area (Å²) in [5, 5.41) is 12.7. The molecular weight excluding hydrogens is 262 g/mol. The Morgan fingerprint density at radius 1 is 1.42 bits per heavy atom. The first-order chi connectivity index (χ1) is 9.16. The zero-order chi connectivity index (χ0) is 13.4. The highest BCUT2D eigenvalue weighted by molar-refractivity contribution is 6.31. The number of aromatic nitrogens is 4. The van der Waals surface area contributed by atoms with E-state index in [9.17, 15) is 0 Å². The molecule has 0 saturated heterocycles. The third-order valence-corrected chi connectivity index (χ3v) is 4.20. The van der Waals surface area contributed by atoms with E-state index in [2.05, 4.69) is 22.4 Å². The van der Waals surface area contributed by atoms with E-state index in [0.29, 0.717) is 28.5 Å². The summed E-state index contributed by atoms with van der Waals surface area (Å²) in [5.41, 5.74) is 7.45. The van der Waals surface area contributed by atoms with E-state index >= 15 is 0 Å². The normalized spacial score (nSPS) is 17.2. The van der Waals surface area contributed by atoms with Crippen molar-refractivity contribution < 1.29 is 0 Å². The van der Waals surface area contributed by atoms with Gasteiger partial charge in [0.2, 0.25) is 0 Å². The molecule has 0 radical (unpaired) electrons. The number of tetrazole rings is 1. The molecule has 3 rings (SSSR count). The molecule has 1 aromatic heterocycles. The van der Waals surface area contributed by atoms with Crippen molar-refractivity contribution in [3.05, 3.63) is 23.2 Å². The molecule has 19 heavy (non-hydrogen) atoms. The maximum atomic E-state index is 6.01. The highest BCUT2D eigenvalue weighted by Gasteiger charge is 2.28. The lowest BCUT2D eigenvalue weighted by atomic mass is 9.80. The molecule has 0 aliphatic heterocycles. The lowest BCUT2D eigenvalue weighted by Crippen LogP contribution is -2.24. The van der Waals surface area contributed by atoms with Gasteiger partial charge in [0.05, 0.1) is 6.04 Å². The molecular formula is C13H16ClN5. The van der Waals surface area contributed by atoms with Gasteiger partial charge in [-0.3, -0.25) is 0 Å². The lowest BCUT2D eigenvalue weighted by molar-refractivity contribution is 0.210. The average molecular weight is 278 g/mol. The first kappa shape index (κ1) is 12.4. The van der Waals surface area contributed by atoms with Gasteiger partial charge >= 0.3 is 0 Å². The van der Waals surface area contributed by atoms with Crippen LogP contribution in [0.2, 0.25) is 5.02 Å². The van der Waals surface area contributed by atoms with E-state index < -0.39 is 0 Å². The van der Waals surface area contributed by atoms with Crippen LogP contribution in [-0.4, -0.2) is 20.2 Å². The molecule has 1 saturated carbocycles. The van der Waals surface area contributed by atoms with Crippen LogP contribution in [0.15, 0.2) is 18.2 Å². The largest absolute Gasteiger partial charge is 0.398 e. The van der Waals surface area contributed by atoms with Crippen molar-refractivity contribution in [3.63, 3.8) is 0 Å². The van der Waals surface area contributed by atoms with Crippen molar-refractivity contribution in [2.45, 2.75) is 32.2 Å². The minimum Gasteiger partial charge on any atom is -0.398 e. The Kier molecular flexibility index (Phi) is 3.14. The van der Waals surface area contributed by atoms with Crippen molar-refractivity contribution in [3.8, 4) is 11.4 Å². The number of nitrogens with two attached hydrogens (primary N) is 1. The fourth-order valence-electron chi connectivity index (χ4n) is 2.50. The molecule has 1 aliphatic rings. The number of nitrogen functional groups attached to an aromatic ring is 1. The molecule has 1 aromatic carbocycles.